The number of amides is 1. The fraction of sp³-hybridized carbons (Fsp3) is 0.615. The molecule has 1 aliphatic carbocycles. The molecule has 1 N–H and O–H groups in total. The summed E-state index contributed by atoms with van der Waals surface area (Å²) in [7, 11) is 0. The molecule has 1 aromatic heterocycles. The van der Waals surface area contributed by atoms with Crippen molar-refractivity contribution in [2.45, 2.75) is 51.0 Å². The Morgan fingerprint density at radius 3 is 2.83 bits per heavy atom. The average molecular weight is 263 g/mol. The van der Waals surface area contributed by atoms with Gasteiger partial charge in [0, 0.05) is 5.38 Å². The zero-order valence-corrected chi connectivity index (χ0v) is 11.3. The minimum atomic E-state index is -0.638. The monoisotopic (exact) mass is 263 g/mol. The summed E-state index contributed by atoms with van der Waals surface area (Å²) in [6.45, 7) is 1.92. The molecular weight excluding hydrogens is 246 g/mol. The molecule has 1 aliphatic rings. The minimum absolute atomic E-state index is 0.0937. The standard InChI is InChI=1S/C13H17N3OS/c1-10-15-11(8-18-10)7-12(17)16-13(9-14)5-3-2-4-6-13/h8H,2-7H2,1H3,(H,16,17). The molecule has 4 nitrogen and oxygen atoms in total. The Morgan fingerprint density at radius 1 is 1.56 bits per heavy atom. The molecule has 0 radical (unpaired) electrons. The van der Waals surface area contributed by atoms with Crippen LogP contribution >= 0.6 is 11.3 Å². The van der Waals surface area contributed by atoms with E-state index in [0.29, 0.717) is 0 Å². The molecule has 1 amide bonds. The van der Waals surface area contributed by atoms with Gasteiger partial charge in [-0.1, -0.05) is 19.3 Å². The highest BCUT2D eigenvalue weighted by molar-refractivity contribution is 7.09. The molecule has 1 saturated carbocycles. The van der Waals surface area contributed by atoms with Crippen LogP contribution in [0.25, 0.3) is 0 Å². The van der Waals surface area contributed by atoms with Crippen molar-refractivity contribution in [1.82, 2.24) is 10.3 Å². The predicted molar refractivity (Wildman–Crippen MR) is 70.1 cm³/mol. The van der Waals surface area contributed by atoms with Crippen LogP contribution in [0.1, 0.15) is 42.8 Å². The molecule has 0 saturated heterocycles. The van der Waals surface area contributed by atoms with Crippen molar-refractivity contribution in [3.8, 4) is 6.07 Å². The lowest BCUT2D eigenvalue weighted by Gasteiger charge is -2.31. The summed E-state index contributed by atoms with van der Waals surface area (Å²) in [5, 5.41) is 15.0. The van der Waals surface area contributed by atoms with Crippen molar-refractivity contribution in [3.05, 3.63) is 16.1 Å². The molecule has 0 bridgehead atoms. The summed E-state index contributed by atoms with van der Waals surface area (Å²) < 4.78 is 0. The lowest BCUT2D eigenvalue weighted by Crippen LogP contribution is -2.49. The van der Waals surface area contributed by atoms with Gasteiger partial charge in [-0.2, -0.15) is 5.26 Å². The fourth-order valence-electron chi connectivity index (χ4n) is 2.39. The molecule has 96 valence electrons. The van der Waals surface area contributed by atoms with Gasteiger partial charge >= 0.3 is 0 Å². The van der Waals surface area contributed by atoms with E-state index in [4.69, 9.17) is 0 Å². The number of carbonyl (C=O) groups excluding carboxylic acids is 1. The maximum absolute atomic E-state index is 12.0. The number of aromatic nitrogens is 1. The van der Waals surface area contributed by atoms with Gasteiger partial charge in [0.2, 0.25) is 5.91 Å². The average Bonchev–Trinajstić information content (AvgIpc) is 2.75. The van der Waals surface area contributed by atoms with E-state index in [2.05, 4.69) is 16.4 Å². The quantitative estimate of drug-likeness (QED) is 0.910. The molecule has 1 fully saturated rings. The molecule has 1 heterocycles. The Hall–Kier alpha value is -1.41. The normalized spacial score (nSPS) is 18.0. The Bertz CT molecular complexity index is 469. The van der Waals surface area contributed by atoms with Gasteiger partial charge < -0.3 is 5.32 Å². The van der Waals surface area contributed by atoms with Crippen LogP contribution in [0.2, 0.25) is 0 Å². The minimum Gasteiger partial charge on any atom is -0.337 e. The van der Waals surface area contributed by atoms with E-state index >= 15 is 0 Å². The maximum Gasteiger partial charge on any atom is 0.227 e. The number of thiazole rings is 1. The van der Waals surface area contributed by atoms with Crippen LogP contribution in [0.4, 0.5) is 0 Å². The van der Waals surface area contributed by atoms with E-state index in [1.165, 1.54) is 0 Å². The smallest absolute Gasteiger partial charge is 0.227 e. The molecule has 5 heteroatoms. The molecule has 0 atom stereocenters. The van der Waals surface area contributed by atoms with E-state index in [0.717, 1.165) is 42.8 Å². The van der Waals surface area contributed by atoms with Gasteiger partial charge in [0.25, 0.3) is 0 Å². The van der Waals surface area contributed by atoms with Gasteiger partial charge in [-0.15, -0.1) is 11.3 Å². The summed E-state index contributed by atoms with van der Waals surface area (Å²) in [6.07, 6.45) is 5.00. The van der Waals surface area contributed by atoms with E-state index < -0.39 is 5.54 Å². The third kappa shape index (κ3) is 3.08. The Kier molecular flexibility index (Phi) is 3.97. The maximum atomic E-state index is 12.0. The van der Waals surface area contributed by atoms with Gasteiger partial charge in [0.15, 0.2) is 0 Å². The molecule has 18 heavy (non-hydrogen) atoms. The van der Waals surface area contributed by atoms with Crippen LogP contribution < -0.4 is 5.32 Å². The molecule has 0 aliphatic heterocycles. The molecule has 0 aromatic carbocycles. The molecule has 0 unspecified atom stereocenters. The summed E-state index contributed by atoms with van der Waals surface area (Å²) in [5.74, 6) is -0.0937. The number of nitrogens with zero attached hydrogens (tertiary/aromatic N) is 2. The summed E-state index contributed by atoms with van der Waals surface area (Å²) in [6, 6.07) is 2.29. The van der Waals surface area contributed by atoms with Crippen LogP contribution in [0, 0.1) is 18.3 Å². The second-order valence-corrected chi connectivity index (χ2v) is 5.90. The lowest BCUT2D eigenvalue weighted by molar-refractivity contribution is -0.122. The van der Waals surface area contributed by atoms with Gasteiger partial charge in [0.1, 0.15) is 5.54 Å². The number of nitriles is 1. The van der Waals surface area contributed by atoms with Crippen molar-refractivity contribution in [3.63, 3.8) is 0 Å². The summed E-state index contributed by atoms with van der Waals surface area (Å²) in [5.41, 5.74) is 0.152. The SMILES string of the molecule is Cc1nc(CC(=O)NC2(C#N)CCCCC2)cs1. The van der Waals surface area contributed by atoms with Crippen LogP contribution in [-0.4, -0.2) is 16.4 Å². The van der Waals surface area contributed by atoms with Gasteiger partial charge in [0.05, 0.1) is 23.2 Å². The fourth-order valence-corrected chi connectivity index (χ4v) is 3.00. The largest absolute Gasteiger partial charge is 0.337 e. The molecule has 0 spiro atoms. The number of carbonyl (C=O) groups is 1. The number of rotatable bonds is 3. The first kappa shape index (κ1) is 13.0. The highest BCUT2D eigenvalue weighted by Gasteiger charge is 2.33. The number of hydrogen-bond acceptors (Lipinski definition) is 4. The Labute approximate surface area is 111 Å². The number of nitrogens with one attached hydrogen (secondary N) is 1. The van der Waals surface area contributed by atoms with Crippen molar-refractivity contribution >= 4 is 17.2 Å². The van der Waals surface area contributed by atoms with Crippen molar-refractivity contribution < 1.29 is 4.79 Å². The zero-order valence-electron chi connectivity index (χ0n) is 10.5. The second-order valence-electron chi connectivity index (χ2n) is 4.84. The van der Waals surface area contributed by atoms with Gasteiger partial charge in [-0.3, -0.25) is 4.79 Å². The first-order chi connectivity index (χ1) is 8.63. The highest BCUT2D eigenvalue weighted by atomic mass is 32.1. The van der Waals surface area contributed by atoms with E-state index in [9.17, 15) is 10.1 Å². The van der Waals surface area contributed by atoms with E-state index in [1.807, 2.05) is 12.3 Å². The topological polar surface area (TPSA) is 65.8 Å². The highest BCUT2D eigenvalue weighted by Crippen LogP contribution is 2.27. The number of aryl methyl sites for hydroxylation is 1. The third-order valence-electron chi connectivity index (χ3n) is 3.31. The molecular formula is C13H17N3OS. The van der Waals surface area contributed by atoms with Gasteiger partial charge in [-0.05, 0) is 19.8 Å². The van der Waals surface area contributed by atoms with Gasteiger partial charge in [-0.25, -0.2) is 4.98 Å². The van der Waals surface area contributed by atoms with Crippen LogP contribution in [0.15, 0.2) is 5.38 Å². The van der Waals surface area contributed by atoms with Crippen molar-refractivity contribution in [1.29, 1.82) is 5.26 Å². The first-order valence-electron chi connectivity index (χ1n) is 6.27. The lowest BCUT2D eigenvalue weighted by atomic mass is 9.83. The zero-order chi connectivity index (χ0) is 13.0. The third-order valence-corrected chi connectivity index (χ3v) is 4.13. The first-order valence-corrected chi connectivity index (χ1v) is 7.15. The summed E-state index contributed by atoms with van der Waals surface area (Å²) >= 11 is 1.54. The van der Waals surface area contributed by atoms with Crippen LogP contribution in [0.3, 0.4) is 0 Å². The molecule has 2 rings (SSSR count). The summed E-state index contributed by atoms with van der Waals surface area (Å²) in [4.78, 5) is 16.2. The Balaban J connectivity index is 1.95. The van der Waals surface area contributed by atoms with E-state index in [-0.39, 0.29) is 12.3 Å². The van der Waals surface area contributed by atoms with Crippen molar-refractivity contribution in [2.24, 2.45) is 0 Å². The van der Waals surface area contributed by atoms with Crippen LogP contribution in [-0.2, 0) is 11.2 Å². The van der Waals surface area contributed by atoms with Crippen molar-refractivity contribution in [2.75, 3.05) is 0 Å². The number of hydrogen-bond donors (Lipinski definition) is 1. The predicted octanol–water partition coefficient (Wildman–Crippen LogP) is 2.34. The van der Waals surface area contributed by atoms with E-state index in [1.54, 1.807) is 11.3 Å². The second kappa shape index (κ2) is 5.49. The molecule has 1 aromatic rings. The van der Waals surface area contributed by atoms with Crippen LogP contribution in [0.5, 0.6) is 0 Å². The Morgan fingerprint density at radius 2 is 2.28 bits per heavy atom.